The molecule has 1 saturated carbocycles. The van der Waals surface area contributed by atoms with Crippen LogP contribution in [0.15, 0.2) is 65.6 Å². The highest BCUT2D eigenvalue weighted by atomic mass is 19.2. The van der Waals surface area contributed by atoms with Gasteiger partial charge in [0, 0.05) is 35.5 Å². The van der Waals surface area contributed by atoms with E-state index in [0.29, 0.717) is 23.3 Å². The van der Waals surface area contributed by atoms with Gasteiger partial charge in [0.05, 0.1) is 7.11 Å². The largest absolute Gasteiger partial charge is 0.499 e. The standard InChI is InChI=1S/C34H42F2N2O/c1-5-8-21(2)12-13-23-9-6-11-27(23)32-22(3)33(25-10-7-16-37-20-25)38-34-28(32)17-26(19-31(34)39-4)24-14-15-29(35)30(36)18-24/h7,10,14-23,27-28,32,34H,5-6,8-9,11-13H2,1-4H3. The van der Waals surface area contributed by atoms with E-state index in [9.17, 15) is 8.78 Å². The Morgan fingerprint density at radius 2 is 1.92 bits per heavy atom. The summed E-state index contributed by atoms with van der Waals surface area (Å²) in [5.41, 5.74) is 3.74. The van der Waals surface area contributed by atoms with E-state index in [4.69, 9.17) is 9.73 Å². The van der Waals surface area contributed by atoms with Gasteiger partial charge in [-0.05, 0) is 71.9 Å². The van der Waals surface area contributed by atoms with Crippen molar-refractivity contribution in [3.05, 3.63) is 83.4 Å². The van der Waals surface area contributed by atoms with Crippen LogP contribution in [0.3, 0.4) is 0 Å². The number of allylic oxidation sites excluding steroid dienone is 2. The minimum Gasteiger partial charge on any atom is -0.499 e. The lowest BCUT2D eigenvalue weighted by atomic mass is 9.62. The van der Waals surface area contributed by atoms with Crippen molar-refractivity contribution >= 4 is 11.3 Å². The molecule has 2 aliphatic carbocycles. The molecule has 0 amide bonds. The maximum Gasteiger partial charge on any atom is 0.159 e. The second-order valence-electron chi connectivity index (χ2n) is 12.0. The third-order valence-electron chi connectivity index (χ3n) is 9.53. The smallest absolute Gasteiger partial charge is 0.159 e. The predicted molar refractivity (Wildman–Crippen MR) is 154 cm³/mol. The Bertz CT molecular complexity index is 1240. The number of methoxy groups -OCH3 is 1. The zero-order chi connectivity index (χ0) is 27.5. The maximum absolute atomic E-state index is 14.2. The summed E-state index contributed by atoms with van der Waals surface area (Å²) in [6.45, 7) is 7.00. The minimum absolute atomic E-state index is 0.127. The number of hydrogen-bond acceptors (Lipinski definition) is 3. The highest BCUT2D eigenvalue weighted by Crippen LogP contribution is 2.52. The first kappa shape index (κ1) is 27.7. The van der Waals surface area contributed by atoms with Crippen molar-refractivity contribution in [1.29, 1.82) is 0 Å². The van der Waals surface area contributed by atoms with Gasteiger partial charge in [0.15, 0.2) is 11.6 Å². The van der Waals surface area contributed by atoms with Crippen LogP contribution >= 0.6 is 0 Å². The molecule has 3 nitrogen and oxygen atoms in total. The summed E-state index contributed by atoms with van der Waals surface area (Å²) in [6, 6.07) is 8.12. The molecule has 39 heavy (non-hydrogen) atoms. The topological polar surface area (TPSA) is 34.5 Å². The summed E-state index contributed by atoms with van der Waals surface area (Å²) in [6.07, 6.45) is 16.9. The Labute approximate surface area is 232 Å². The number of fused-ring (bicyclic) bond motifs is 1. The highest BCUT2D eigenvalue weighted by molar-refractivity contribution is 6.03. The molecule has 5 heteroatoms. The predicted octanol–water partition coefficient (Wildman–Crippen LogP) is 8.66. The summed E-state index contributed by atoms with van der Waals surface area (Å²) in [4.78, 5) is 9.72. The van der Waals surface area contributed by atoms with E-state index >= 15 is 0 Å². The first-order valence-electron chi connectivity index (χ1n) is 14.8. The van der Waals surface area contributed by atoms with Gasteiger partial charge in [-0.1, -0.05) is 71.1 Å². The molecule has 1 fully saturated rings. The first-order valence-corrected chi connectivity index (χ1v) is 14.8. The van der Waals surface area contributed by atoms with Crippen LogP contribution in [0.1, 0.15) is 76.8 Å². The molecule has 7 atom stereocenters. The van der Waals surface area contributed by atoms with Crippen LogP contribution in [0.25, 0.3) is 5.57 Å². The number of benzene rings is 1. The molecule has 208 valence electrons. The van der Waals surface area contributed by atoms with Crippen LogP contribution in [0.2, 0.25) is 0 Å². The lowest BCUT2D eigenvalue weighted by Crippen LogP contribution is -2.45. The van der Waals surface area contributed by atoms with Crippen LogP contribution in [-0.2, 0) is 4.74 Å². The van der Waals surface area contributed by atoms with Crippen LogP contribution in [0.5, 0.6) is 0 Å². The number of rotatable bonds is 9. The third-order valence-corrected chi connectivity index (χ3v) is 9.53. The van der Waals surface area contributed by atoms with Crippen LogP contribution < -0.4 is 0 Å². The monoisotopic (exact) mass is 532 g/mol. The molecule has 0 saturated heterocycles. The Morgan fingerprint density at radius 1 is 1.08 bits per heavy atom. The average molecular weight is 533 g/mol. The fourth-order valence-corrected chi connectivity index (χ4v) is 7.64. The molecule has 2 heterocycles. The van der Waals surface area contributed by atoms with E-state index in [2.05, 4.69) is 37.9 Å². The van der Waals surface area contributed by atoms with E-state index < -0.39 is 11.6 Å². The Kier molecular flexibility index (Phi) is 8.64. The van der Waals surface area contributed by atoms with Gasteiger partial charge < -0.3 is 4.74 Å². The van der Waals surface area contributed by atoms with Crippen molar-refractivity contribution in [3.8, 4) is 0 Å². The first-order chi connectivity index (χ1) is 18.9. The van der Waals surface area contributed by atoms with Crippen molar-refractivity contribution in [2.45, 2.75) is 71.8 Å². The van der Waals surface area contributed by atoms with Crippen molar-refractivity contribution in [2.24, 2.45) is 40.5 Å². The Hall–Kier alpha value is -2.82. The lowest BCUT2D eigenvalue weighted by Gasteiger charge is -2.46. The van der Waals surface area contributed by atoms with Gasteiger partial charge in [0.2, 0.25) is 0 Å². The summed E-state index contributed by atoms with van der Waals surface area (Å²) in [5, 5.41) is 0. The summed E-state index contributed by atoms with van der Waals surface area (Å²) < 4.78 is 34.0. The number of aromatic nitrogens is 1. The fraction of sp³-hybridized carbons (Fsp3) is 0.529. The Morgan fingerprint density at radius 3 is 2.64 bits per heavy atom. The van der Waals surface area contributed by atoms with Gasteiger partial charge in [-0.2, -0.15) is 0 Å². The molecule has 1 aromatic heterocycles. The van der Waals surface area contributed by atoms with E-state index in [1.807, 2.05) is 18.3 Å². The lowest BCUT2D eigenvalue weighted by molar-refractivity contribution is 0.128. The molecule has 0 radical (unpaired) electrons. The van der Waals surface area contributed by atoms with Gasteiger partial charge in [0.1, 0.15) is 11.8 Å². The van der Waals surface area contributed by atoms with E-state index in [1.54, 1.807) is 19.4 Å². The molecular weight excluding hydrogens is 490 g/mol. The van der Waals surface area contributed by atoms with E-state index in [-0.39, 0.29) is 17.9 Å². The zero-order valence-electron chi connectivity index (χ0n) is 23.7. The summed E-state index contributed by atoms with van der Waals surface area (Å²) in [5.74, 6) is 1.91. The summed E-state index contributed by atoms with van der Waals surface area (Å²) >= 11 is 0. The summed E-state index contributed by atoms with van der Waals surface area (Å²) in [7, 11) is 1.69. The molecule has 1 aromatic carbocycles. The molecule has 0 bridgehead atoms. The van der Waals surface area contributed by atoms with Gasteiger partial charge in [-0.3, -0.25) is 9.98 Å². The SMILES string of the molecule is CCCC(C)CCC1CCCC1C1C(C)C(c2cccnc2)=NC2C(OC)=CC(c3ccc(F)c(F)c3)=CC21. The number of nitrogens with zero attached hydrogens (tertiary/aromatic N) is 2. The van der Waals surface area contributed by atoms with E-state index in [0.717, 1.165) is 28.5 Å². The third kappa shape index (κ3) is 5.73. The van der Waals surface area contributed by atoms with Gasteiger partial charge in [-0.15, -0.1) is 0 Å². The fourth-order valence-electron chi connectivity index (χ4n) is 7.64. The van der Waals surface area contributed by atoms with Crippen LogP contribution in [-0.4, -0.2) is 23.8 Å². The molecule has 3 aliphatic rings. The molecule has 0 spiro atoms. The average Bonchev–Trinajstić information content (AvgIpc) is 3.41. The van der Waals surface area contributed by atoms with Crippen LogP contribution in [0.4, 0.5) is 8.78 Å². The molecule has 5 rings (SSSR count). The highest BCUT2D eigenvalue weighted by Gasteiger charge is 2.48. The number of hydrogen-bond donors (Lipinski definition) is 0. The van der Waals surface area contributed by atoms with Gasteiger partial charge >= 0.3 is 0 Å². The molecular formula is C34H42F2N2O. The van der Waals surface area contributed by atoms with E-state index in [1.165, 1.54) is 57.1 Å². The molecule has 7 unspecified atom stereocenters. The maximum atomic E-state index is 14.2. The second-order valence-corrected chi connectivity index (χ2v) is 12.0. The number of pyridine rings is 1. The van der Waals surface area contributed by atoms with Crippen molar-refractivity contribution < 1.29 is 13.5 Å². The minimum atomic E-state index is -0.829. The van der Waals surface area contributed by atoms with Crippen LogP contribution in [0, 0.1) is 47.1 Å². The number of ether oxygens (including phenoxy) is 1. The van der Waals surface area contributed by atoms with Gasteiger partial charge in [-0.25, -0.2) is 8.78 Å². The van der Waals surface area contributed by atoms with Crippen molar-refractivity contribution in [1.82, 2.24) is 4.98 Å². The normalized spacial score (nSPS) is 29.2. The second kappa shape index (κ2) is 12.1. The quantitative estimate of drug-likeness (QED) is 0.324. The number of aliphatic imine (C=N–C) groups is 1. The number of halogens is 2. The molecule has 1 aliphatic heterocycles. The molecule has 2 aromatic rings. The van der Waals surface area contributed by atoms with Crippen molar-refractivity contribution in [2.75, 3.05) is 7.11 Å². The van der Waals surface area contributed by atoms with Crippen molar-refractivity contribution in [3.63, 3.8) is 0 Å². The zero-order valence-corrected chi connectivity index (χ0v) is 23.7. The van der Waals surface area contributed by atoms with Gasteiger partial charge in [0.25, 0.3) is 0 Å². The molecule has 0 N–H and O–H groups in total. The Balaban J connectivity index is 1.56.